The molecule has 0 aliphatic heterocycles. The van der Waals surface area contributed by atoms with E-state index >= 15 is 0 Å². The lowest BCUT2D eigenvalue weighted by atomic mass is 10.2. The van der Waals surface area contributed by atoms with Gasteiger partial charge in [-0.1, -0.05) is 23.9 Å². The highest BCUT2D eigenvalue weighted by molar-refractivity contribution is 8.13. The molecule has 0 fully saturated rings. The number of nitrogens with zero attached hydrogens (tertiary/aromatic N) is 2. The molecule has 0 aromatic carbocycles. The maximum atomic E-state index is 10.6. The van der Waals surface area contributed by atoms with E-state index in [1.54, 1.807) is 11.6 Å². The first-order chi connectivity index (χ1) is 6.59. The van der Waals surface area contributed by atoms with Crippen molar-refractivity contribution in [2.75, 3.05) is 5.75 Å². The molecular formula is C10H14N2OS. The summed E-state index contributed by atoms with van der Waals surface area (Å²) in [6, 6.07) is 0. The Morgan fingerprint density at radius 1 is 1.71 bits per heavy atom. The molecule has 76 valence electrons. The second kappa shape index (κ2) is 5.00. The smallest absolute Gasteiger partial charge is 0.186 e. The molecule has 0 radical (unpaired) electrons. The fourth-order valence-electron chi connectivity index (χ4n) is 1.12. The molecule has 3 nitrogen and oxygen atoms in total. The second-order valence-electron chi connectivity index (χ2n) is 3.05. The molecule has 1 heterocycles. The van der Waals surface area contributed by atoms with Crippen LogP contribution in [-0.4, -0.2) is 20.6 Å². The number of carbonyl (C=O) groups is 1. The number of hydrogen-bond donors (Lipinski definition) is 0. The first kappa shape index (κ1) is 11.0. The summed E-state index contributed by atoms with van der Waals surface area (Å²) in [5, 5.41) is 4.37. The molecule has 0 saturated carbocycles. The van der Waals surface area contributed by atoms with Crippen LogP contribution in [0.4, 0.5) is 0 Å². The maximum Gasteiger partial charge on any atom is 0.186 e. The lowest BCUT2D eigenvalue weighted by Crippen LogP contribution is -1.86. The number of rotatable bonds is 3. The van der Waals surface area contributed by atoms with Gasteiger partial charge in [-0.3, -0.25) is 9.48 Å². The summed E-state index contributed by atoms with van der Waals surface area (Å²) in [4.78, 5) is 10.6. The van der Waals surface area contributed by atoms with Crippen LogP contribution in [0, 0.1) is 6.92 Å². The van der Waals surface area contributed by atoms with Gasteiger partial charge in [-0.15, -0.1) is 0 Å². The minimum absolute atomic E-state index is 0.151. The molecule has 0 amide bonds. The van der Waals surface area contributed by atoms with Crippen LogP contribution in [0.15, 0.2) is 12.3 Å². The van der Waals surface area contributed by atoms with Gasteiger partial charge in [0.25, 0.3) is 0 Å². The van der Waals surface area contributed by atoms with Crippen LogP contribution < -0.4 is 0 Å². The van der Waals surface area contributed by atoms with E-state index in [9.17, 15) is 4.79 Å². The molecule has 0 aliphatic rings. The third-order valence-corrected chi connectivity index (χ3v) is 2.50. The van der Waals surface area contributed by atoms with E-state index in [-0.39, 0.29) is 5.12 Å². The summed E-state index contributed by atoms with van der Waals surface area (Å²) in [7, 11) is 1.90. The summed E-state index contributed by atoms with van der Waals surface area (Å²) >= 11 is 1.31. The number of aryl methyl sites for hydroxylation is 2. The van der Waals surface area contributed by atoms with Crippen LogP contribution in [0.3, 0.4) is 0 Å². The molecule has 0 aliphatic carbocycles. The Balaban J connectivity index is 2.51. The molecule has 1 aromatic heterocycles. The third-order valence-electron chi connectivity index (χ3n) is 1.73. The molecule has 0 spiro atoms. The summed E-state index contributed by atoms with van der Waals surface area (Å²) in [5.74, 6) is 0.726. The summed E-state index contributed by atoms with van der Waals surface area (Å²) in [6.07, 6.45) is 5.94. The van der Waals surface area contributed by atoms with E-state index in [0.29, 0.717) is 0 Å². The Bertz CT molecular complexity index is 355. The van der Waals surface area contributed by atoms with E-state index in [4.69, 9.17) is 0 Å². The van der Waals surface area contributed by atoms with E-state index in [1.165, 1.54) is 11.8 Å². The SMILES string of the molecule is CC(=O)SCC=Cc1cn(C)nc1C. The molecular weight excluding hydrogens is 196 g/mol. The number of hydrogen-bond acceptors (Lipinski definition) is 3. The molecule has 0 N–H and O–H groups in total. The van der Waals surface area contributed by atoms with Crippen LogP contribution in [0.5, 0.6) is 0 Å². The van der Waals surface area contributed by atoms with Gasteiger partial charge in [-0.05, 0) is 6.92 Å². The zero-order chi connectivity index (χ0) is 10.6. The van der Waals surface area contributed by atoms with Crippen LogP contribution in [-0.2, 0) is 11.8 Å². The molecule has 14 heavy (non-hydrogen) atoms. The first-order valence-electron chi connectivity index (χ1n) is 4.39. The van der Waals surface area contributed by atoms with Crippen molar-refractivity contribution in [1.29, 1.82) is 0 Å². The van der Waals surface area contributed by atoms with Gasteiger partial charge < -0.3 is 0 Å². The first-order valence-corrected chi connectivity index (χ1v) is 5.38. The van der Waals surface area contributed by atoms with Crippen LogP contribution in [0.1, 0.15) is 18.2 Å². The Hall–Kier alpha value is -1.03. The van der Waals surface area contributed by atoms with Crippen molar-refractivity contribution in [2.24, 2.45) is 7.05 Å². The highest BCUT2D eigenvalue weighted by Crippen LogP contribution is 2.08. The quantitative estimate of drug-likeness (QED) is 0.765. The van der Waals surface area contributed by atoms with Crippen LogP contribution in [0.25, 0.3) is 6.08 Å². The zero-order valence-corrected chi connectivity index (χ0v) is 9.47. The van der Waals surface area contributed by atoms with Crippen molar-refractivity contribution >= 4 is 23.0 Å². The molecule has 4 heteroatoms. The average Bonchev–Trinajstić information content (AvgIpc) is 2.39. The number of carbonyl (C=O) groups excluding carboxylic acids is 1. The van der Waals surface area contributed by atoms with Gasteiger partial charge in [-0.25, -0.2) is 0 Å². The Kier molecular flexibility index (Phi) is 3.95. The van der Waals surface area contributed by atoms with Gasteiger partial charge >= 0.3 is 0 Å². The summed E-state index contributed by atoms with van der Waals surface area (Å²) < 4.78 is 1.78. The van der Waals surface area contributed by atoms with Crippen LogP contribution in [0.2, 0.25) is 0 Å². The average molecular weight is 210 g/mol. The van der Waals surface area contributed by atoms with Gasteiger partial charge in [0.2, 0.25) is 0 Å². The molecule has 1 rings (SSSR count). The van der Waals surface area contributed by atoms with Gasteiger partial charge in [0, 0.05) is 31.5 Å². The Morgan fingerprint density at radius 3 is 2.93 bits per heavy atom. The standard InChI is InChI=1S/C10H14N2OS/c1-8-10(7-12(3)11-8)5-4-6-14-9(2)13/h4-5,7H,6H2,1-3H3. The van der Waals surface area contributed by atoms with Crippen molar-refractivity contribution in [2.45, 2.75) is 13.8 Å². The Morgan fingerprint density at radius 2 is 2.43 bits per heavy atom. The van der Waals surface area contributed by atoms with Gasteiger partial charge in [0.15, 0.2) is 5.12 Å². The maximum absolute atomic E-state index is 10.6. The van der Waals surface area contributed by atoms with Gasteiger partial charge in [0.1, 0.15) is 0 Å². The van der Waals surface area contributed by atoms with Crippen molar-refractivity contribution < 1.29 is 4.79 Å². The van der Waals surface area contributed by atoms with Crippen molar-refractivity contribution in [3.05, 3.63) is 23.5 Å². The molecule has 0 saturated heterocycles. The molecule has 0 atom stereocenters. The van der Waals surface area contributed by atoms with Gasteiger partial charge in [-0.2, -0.15) is 5.10 Å². The topological polar surface area (TPSA) is 34.9 Å². The van der Waals surface area contributed by atoms with E-state index in [0.717, 1.165) is 17.0 Å². The van der Waals surface area contributed by atoms with Crippen molar-refractivity contribution in [1.82, 2.24) is 9.78 Å². The predicted octanol–water partition coefficient (Wildman–Crippen LogP) is 2.02. The van der Waals surface area contributed by atoms with Crippen molar-refractivity contribution in [3.8, 4) is 0 Å². The monoisotopic (exact) mass is 210 g/mol. The number of aromatic nitrogens is 2. The zero-order valence-electron chi connectivity index (χ0n) is 8.65. The van der Waals surface area contributed by atoms with E-state index in [1.807, 2.05) is 32.3 Å². The van der Waals surface area contributed by atoms with E-state index in [2.05, 4.69) is 5.10 Å². The summed E-state index contributed by atoms with van der Waals surface area (Å²) in [5.41, 5.74) is 2.12. The molecule has 1 aromatic rings. The van der Waals surface area contributed by atoms with E-state index < -0.39 is 0 Å². The molecule has 0 bridgehead atoms. The lowest BCUT2D eigenvalue weighted by Gasteiger charge is -1.89. The molecule has 0 unspecified atom stereocenters. The van der Waals surface area contributed by atoms with Crippen molar-refractivity contribution in [3.63, 3.8) is 0 Å². The third kappa shape index (κ3) is 3.38. The van der Waals surface area contributed by atoms with Crippen LogP contribution >= 0.6 is 11.8 Å². The van der Waals surface area contributed by atoms with Gasteiger partial charge in [0.05, 0.1) is 5.69 Å². The number of thioether (sulfide) groups is 1. The normalized spacial score (nSPS) is 11.1. The minimum atomic E-state index is 0.151. The fraction of sp³-hybridized carbons (Fsp3) is 0.400. The Labute approximate surface area is 88.2 Å². The highest BCUT2D eigenvalue weighted by atomic mass is 32.2. The minimum Gasteiger partial charge on any atom is -0.288 e. The predicted molar refractivity (Wildman–Crippen MR) is 60.1 cm³/mol. The lowest BCUT2D eigenvalue weighted by molar-refractivity contribution is -0.109. The fourth-order valence-corrected chi connectivity index (χ4v) is 1.55. The highest BCUT2D eigenvalue weighted by Gasteiger charge is 1.97. The summed E-state index contributed by atoms with van der Waals surface area (Å²) in [6.45, 7) is 3.55. The second-order valence-corrected chi connectivity index (χ2v) is 4.25. The largest absolute Gasteiger partial charge is 0.288 e.